The second kappa shape index (κ2) is 13.0. The zero-order valence-corrected chi connectivity index (χ0v) is 22.2. The van der Waals surface area contributed by atoms with Crippen molar-refractivity contribution < 1.29 is 14.3 Å². The van der Waals surface area contributed by atoms with Gasteiger partial charge in [0, 0.05) is 10.7 Å². The first-order valence-corrected chi connectivity index (χ1v) is 12.6. The summed E-state index contributed by atoms with van der Waals surface area (Å²) in [5.74, 6) is 0.771. The molecular formula is C30H21Cl3N2O3. The topological polar surface area (TPSA) is 71.3 Å². The van der Waals surface area contributed by atoms with Crippen LogP contribution in [0.1, 0.15) is 16.7 Å². The maximum absolute atomic E-state index is 12.7. The molecule has 4 aromatic carbocycles. The van der Waals surface area contributed by atoms with Gasteiger partial charge in [0.1, 0.15) is 36.4 Å². The third kappa shape index (κ3) is 7.77. The highest BCUT2D eigenvalue weighted by atomic mass is 35.5. The lowest BCUT2D eigenvalue weighted by atomic mass is 10.1. The van der Waals surface area contributed by atoms with Crippen LogP contribution in [0.15, 0.2) is 96.6 Å². The van der Waals surface area contributed by atoms with Gasteiger partial charge in [-0.2, -0.15) is 5.26 Å². The molecule has 1 N–H and O–H groups in total. The summed E-state index contributed by atoms with van der Waals surface area (Å²) in [5.41, 5.74) is 3.07. The molecule has 1 amide bonds. The number of ether oxygens (including phenoxy) is 2. The Hall–Kier alpha value is -3.95. The Balaban J connectivity index is 1.31. The lowest BCUT2D eigenvalue weighted by Crippen LogP contribution is -2.13. The van der Waals surface area contributed by atoms with Crippen molar-refractivity contribution in [3.8, 4) is 17.6 Å². The van der Waals surface area contributed by atoms with Crippen LogP contribution in [-0.4, -0.2) is 5.91 Å². The lowest BCUT2D eigenvalue weighted by Gasteiger charge is -2.09. The zero-order chi connectivity index (χ0) is 26.9. The molecule has 8 heteroatoms. The van der Waals surface area contributed by atoms with Crippen molar-refractivity contribution in [2.24, 2.45) is 0 Å². The molecule has 0 spiro atoms. The van der Waals surface area contributed by atoms with Crippen molar-refractivity contribution >= 4 is 52.5 Å². The first-order valence-electron chi connectivity index (χ1n) is 11.5. The fraction of sp³-hybridized carbons (Fsp3) is 0.0667. The molecule has 0 aliphatic heterocycles. The monoisotopic (exact) mass is 562 g/mol. The smallest absolute Gasteiger partial charge is 0.266 e. The molecule has 38 heavy (non-hydrogen) atoms. The van der Waals surface area contributed by atoms with Crippen LogP contribution >= 0.6 is 34.8 Å². The number of hydrogen-bond acceptors (Lipinski definition) is 4. The molecule has 0 atom stereocenters. The zero-order valence-electron chi connectivity index (χ0n) is 20.0. The van der Waals surface area contributed by atoms with Crippen molar-refractivity contribution in [1.29, 1.82) is 5.26 Å². The van der Waals surface area contributed by atoms with E-state index < -0.39 is 5.91 Å². The molecule has 0 radical (unpaired) electrons. The Labute approximate surface area is 235 Å². The summed E-state index contributed by atoms with van der Waals surface area (Å²) in [6.07, 6.45) is 1.52. The van der Waals surface area contributed by atoms with E-state index in [1.807, 2.05) is 24.3 Å². The molecule has 0 fully saturated rings. The largest absolute Gasteiger partial charge is 0.489 e. The number of rotatable bonds is 9. The SMILES string of the molecule is N#C/C(=C\c1ccc(OCc2ccc(Cl)c(Cl)c2)cc1)C(=O)Nc1ccc(OCc2ccc(Cl)cc2)cc1. The quantitative estimate of drug-likeness (QED) is 0.164. The number of amides is 1. The number of carbonyl (C=O) groups excluding carboxylic acids is 1. The third-order valence-corrected chi connectivity index (χ3v) is 6.37. The summed E-state index contributed by atoms with van der Waals surface area (Å²) in [5, 5.41) is 13.9. The minimum Gasteiger partial charge on any atom is -0.489 e. The Kier molecular flexibility index (Phi) is 9.29. The van der Waals surface area contributed by atoms with E-state index in [1.54, 1.807) is 72.8 Å². The highest BCUT2D eigenvalue weighted by molar-refractivity contribution is 6.42. The van der Waals surface area contributed by atoms with Gasteiger partial charge in [0.25, 0.3) is 5.91 Å². The normalized spacial score (nSPS) is 10.9. The summed E-state index contributed by atoms with van der Waals surface area (Å²) < 4.78 is 11.5. The van der Waals surface area contributed by atoms with Crippen molar-refractivity contribution in [1.82, 2.24) is 0 Å². The van der Waals surface area contributed by atoms with Gasteiger partial charge < -0.3 is 14.8 Å². The standard InChI is InChI=1S/C30H21Cl3N2O3/c31-24-6-1-21(2-7-24)18-37-27-12-8-25(9-13-27)35-30(36)23(17-34)15-20-3-10-26(11-4-20)38-19-22-5-14-28(32)29(33)16-22/h1-16H,18-19H2,(H,35,36)/b23-15+. The fourth-order valence-corrected chi connectivity index (χ4v) is 3.80. The maximum atomic E-state index is 12.7. The lowest BCUT2D eigenvalue weighted by molar-refractivity contribution is -0.112. The van der Waals surface area contributed by atoms with E-state index in [1.165, 1.54) is 6.08 Å². The van der Waals surface area contributed by atoms with Gasteiger partial charge in [-0.25, -0.2) is 0 Å². The van der Waals surface area contributed by atoms with E-state index in [0.29, 0.717) is 51.0 Å². The number of anilines is 1. The van der Waals surface area contributed by atoms with E-state index in [-0.39, 0.29) is 5.57 Å². The highest BCUT2D eigenvalue weighted by Crippen LogP contribution is 2.24. The summed E-state index contributed by atoms with van der Waals surface area (Å²) >= 11 is 17.9. The van der Waals surface area contributed by atoms with Gasteiger partial charge in [0.05, 0.1) is 10.0 Å². The van der Waals surface area contributed by atoms with Crippen LogP contribution in [0.3, 0.4) is 0 Å². The van der Waals surface area contributed by atoms with Gasteiger partial charge in [-0.15, -0.1) is 0 Å². The number of halogens is 3. The van der Waals surface area contributed by atoms with Gasteiger partial charge in [-0.05, 0) is 83.4 Å². The second-order valence-corrected chi connectivity index (χ2v) is 9.42. The van der Waals surface area contributed by atoms with Crippen LogP contribution in [-0.2, 0) is 18.0 Å². The number of benzene rings is 4. The second-order valence-electron chi connectivity index (χ2n) is 8.17. The van der Waals surface area contributed by atoms with Crippen LogP contribution in [0.25, 0.3) is 6.08 Å². The minimum absolute atomic E-state index is 0.0301. The van der Waals surface area contributed by atoms with E-state index >= 15 is 0 Å². The Bertz CT molecular complexity index is 1480. The van der Waals surface area contributed by atoms with Gasteiger partial charge in [-0.1, -0.05) is 65.1 Å². The maximum Gasteiger partial charge on any atom is 0.266 e. The minimum atomic E-state index is -0.512. The molecule has 0 aliphatic carbocycles. The first-order chi connectivity index (χ1) is 18.4. The highest BCUT2D eigenvalue weighted by Gasteiger charge is 2.10. The summed E-state index contributed by atoms with van der Waals surface area (Å²) in [6, 6.07) is 28.6. The average molecular weight is 564 g/mol. The first kappa shape index (κ1) is 27.1. The Morgan fingerprint density at radius 3 is 1.95 bits per heavy atom. The van der Waals surface area contributed by atoms with Crippen LogP contribution in [0, 0.1) is 11.3 Å². The fourth-order valence-electron chi connectivity index (χ4n) is 3.35. The van der Waals surface area contributed by atoms with Crippen molar-refractivity contribution in [2.75, 3.05) is 5.32 Å². The molecule has 0 aliphatic rings. The number of carbonyl (C=O) groups is 1. The number of hydrogen-bond donors (Lipinski definition) is 1. The molecule has 4 rings (SSSR count). The van der Waals surface area contributed by atoms with Gasteiger partial charge >= 0.3 is 0 Å². The molecule has 0 bridgehead atoms. The van der Waals surface area contributed by atoms with Gasteiger partial charge in [-0.3, -0.25) is 4.79 Å². The molecule has 4 aromatic rings. The van der Waals surface area contributed by atoms with E-state index in [4.69, 9.17) is 44.3 Å². The molecule has 0 aromatic heterocycles. The number of nitrogens with one attached hydrogen (secondary N) is 1. The molecule has 5 nitrogen and oxygen atoms in total. The summed E-state index contributed by atoms with van der Waals surface area (Å²) in [4.78, 5) is 12.7. The van der Waals surface area contributed by atoms with Gasteiger partial charge in [0.15, 0.2) is 0 Å². The molecular weight excluding hydrogens is 543 g/mol. The summed E-state index contributed by atoms with van der Waals surface area (Å²) in [7, 11) is 0. The number of nitrogens with zero attached hydrogens (tertiary/aromatic N) is 1. The Morgan fingerprint density at radius 2 is 1.34 bits per heavy atom. The van der Waals surface area contributed by atoms with Gasteiger partial charge in [0.2, 0.25) is 0 Å². The predicted octanol–water partition coefficient (Wildman–Crippen LogP) is 8.35. The van der Waals surface area contributed by atoms with E-state index in [9.17, 15) is 10.1 Å². The van der Waals surface area contributed by atoms with Crippen LogP contribution in [0.5, 0.6) is 11.5 Å². The molecule has 0 heterocycles. The molecule has 0 saturated heterocycles. The van der Waals surface area contributed by atoms with Crippen LogP contribution in [0.2, 0.25) is 15.1 Å². The molecule has 0 unspecified atom stereocenters. The van der Waals surface area contributed by atoms with Crippen molar-refractivity contribution in [2.45, 2.75) is 13.2 Å². The van der Waals surface area contributed by atoms with Crippen LogP contribution in [0.4, 0.5) is 5.69 Å². The van der Waals surface area contributed by atoms with E-state index in [2.05, 4.69) is 5.32 Å². The molecule has 0 saturated carbocycles. The van der Waals surface area contributed by atoms with Crippen molar-refractivity contribution in [3.63, 3.8) is 0 Å². The average Bonchev–Trinajstić information content (AvgIpc) is 2.93. The third-order valence-electron chi connectivity index (χ3n) is 5.38. The predicted molar refractivity (Wildman–Crippen MR) is 152 cm³/mol. The summed E-state index contributed by atoms with van der Waals surface area (Å²) in [6.45, 7) is 0.715. The van der Waals surface area contributed by atoms with E-state index in [0.717, 1.165) is 11.1 Å². The number of nitriles is 1. The van der Waals surface area contributed by atoms with Crippen LogP contribution < -0.4 is 14.8 Å². The molecule has 190 valence electrons. The van der Waals surface area contributed by atoms with Crippen molar-refractivity contribution in [3.05, 3.63) is 128 Å². The Morgan fingerprint density at radius 1 is 0.763 bits per heavy atom.